The average Bonchev–Trinajstić information content (AvgIpc) is 2.55. The normalized spacial score (nSPS) is 15.7. The highest BCUT2D eigenvalue weighted by atomic mass is 15.3. The van der Waals surface area contributed by atoms with E-state index >= 15 is 0 Å². The number of nitrogens with one attached hydrogen (secondary N) is 1. The summed E-state index contributed by atoms with van der Waals surface area (Å²) in [7, 11) is 2.16. The van der Waals surface area contributed by atoms with Crippen molar-refractivity contribution in [1.82, 2.24) is 14.9 Å². The Morgan fingerprint density at radius 3 is 2.57 bits per heavy atom. The first-order valence-corrected chi connectivity index (χ1v) is 8.30. The molecule has 0 amide bonds. The minimum Gasteiger partial charge on any atom is -0.354 e. The molecule has 3 rings (SSSR count). The van der Waals surface area contributed by atoms with E-state index in [2.05, 4.69) is 69.4 Å². The van der Waals surface area contributed by atoms with Gasteiger partial charge in [0.25, 0.3) is 0 Å². The van der Waals surface area contributed by atoms with Crippen molar-refractivity contribution in [2.45, 2.75) is 20.3 Å². The van der Waals surface area contributed by atoms with Crippen LogP contribution in [0.3, 0.4) is 0 Å². The molecule has 0 atom stereocenters. The maximum Gasteiger partial charge on any atom is 0.136 e. The van der Waals surface area contributed by atoms with Crippen LogP contribution in [-0.4, -0.2) is 48.1 Å². The molecule has 1 saturated heterocycles. The van der Waals surface area contributed by atoms with E-state index in [9.17, 15) is 0 Å². The molecule has 1 aliphatic rings. The van der Waals surface area contributed by atoms with Gasteiger partial charge in [-0.05, 0) is 32.0 Å². The zero-order chi connectivity index (χ0) is 16.2. The number of hydrogen-bond donors (Lipinski definition) is 1. The number of nitrogens with zero attached hydrogens (tertiary/aromatic N) is 4. The number of hydrogen-bond acceptors (Lipinski definition) is 5. The summed E-state index contributed by atoms with van der Waals surface area (Å²) >= 11 is 0. The lowest BCUT2D eigenvalue weighted by molar-refractivity contribution is 0.312. The van der Waals surface area contributed by atoms with Gasteiger partial charge in [-0.1, -0.05) is 25.1 Å². The summed E-state index contributed by atoms with van der Waals surface area (Å²) < 4.78 is 0. The molecule has 1 aromatic carbocycles. The van der Waals surface area contributed by atoms with Crippen molar-refractivity contribution in [1.29, 1.82) is 0 Å². The Kier molecular flexibility index (Phi) is 4.76. The number of aromatic nitrogens is 2. The van der Waals surface area contributed by atoms with Gasteiger partial charge in [0.1, 0.15) is 17.5 Å². The molecule has 0 unspecified atom stereocenters. The summed E-state index contributed by atoms with van der Waals surface area (Å²) in [5.41, 5.74) is 2.42. The quantitative estimate of drug-likeness (QED) is 0.940. The topological polar surface area (TPSA) is 44.3 Å². The second-order valence-electron chi connectivity index (χ2n) is 6.08. The molecular formula is C18H25N5. The summed E-state index contributed by atoms with van der Waals surface area (Å²) in [6, 6.07) is 10.4. The maximum absolute atomic E-state index is 4.62. The molecule has 1 aromatic heterocycles. The molecule has 1 N–H and O–H groups in total. The van der Waals surface area contributed by atoms with Gasteiger partial charge in [0.15, 0.2) is 0 Å². The second-order valence-corrected chi connectivity index (χ2v) is 6.08. The summed E-state index contributed by atoms with van der Waals surface area (Å²) in [5.74, 6) is 2.69. The van der Waals surface area contributed by atoms with Crippen LogP contribution in [0.4, 0.5) is 17.3 Å². The first-order valence-electron chi connectivity index (χ1n) is 8.30. The third-order valence-electron chi connectivity index (χ3n) is 4.31. The highest BCUT2D eigenvalue weighted by molar-refractivity contribution is 5.63. The van der Waals surface area contributed by atoms with Crippen molar-refractivity contribution in [3.63, 3.8) is 0 Å². The lowest BCUT2D eigenvalue weighted by Gasteiger charge is -2.33. The van der Waals surface area contributed by atoms with Gasteiger partial charge in [-0.25, -0.2) is 9.97 Å². The van der Waals surface area contributed by atoms with Crippen LogP contribution in [0.25, 0.3) is 0 Å². The standard InChI is InChI=1S/C18H25N5/c1-4-15-7-5-6-8-16(15)21-17-13-18(20-14(2)19-17)23-11-9-22(3)10-12-23/h5-8,13H,4,9-12H2,1-3H3,(H,19,20,21). The minimum absolute atomic E-state index is 0.804. The van der Waals surface area contributed by atoms with Gasteiger partial charge in [-0.2, -0.15) is 0 Å². The monoisotopic (exact) mass is 311 g/mol. The average molecular weight is 311 g/mol. The molecule has 0 aliphatic carbocycles. The molecule has 0 bridgehead atoms. The number of rotatable bonds is 4. The number of para-hydroxylation sites is 1. The van der Waals surface area contributed by atoms with Gasteiger partial charge >= 0.3 is 0 Å². The summed E-state index contributed by atoms with van der Waals surface area (Å²) in [5, 5.41) is 3.46. The van der Waals surface area contributed by atoms with Crippen molar-refractivity contribution in [2.75, 3.05) is 43.4 Å². The molecule has 0 saturated carbocycles. The van der Waals surface area contributed by atoms with E-state index in [1.807, 2.05) is 6.92 Å². The molecule has 1 fully saturated rings. The molecule has 122 valence electrons. The molecule has 0 spiro atoms. The highest BCUT2D eigenvalue weighted by Crippen LogP contribution is 2.23. The van der Waals surface area contributed by atoms with Crippen LogP contribution in [0.15, 0.2) is 30.3 Å². The van der Waals surface area contributed by atoms with Gasteiger partial charge in [-0.3, -0.25) is 0 Å². The lowest BCUT2D eigenvalue weighted by atomic mass is 10.1. The predicted molar refractivity (Wildman–Crippen MR) is 95.6 cm³/mol. The zero-order valence-corrected chi connectivity index (χ0v) is 14.2. The predicted octanol–water partition coefficient (Wildman–Crippen LogP) is 2.84. The van der Waals surface area contributed by atoms with Crippen LogP contribution < -0.4 is 10.2 Å². The highest BCUT2D eigenvalue weighted by Gasteiger charge is 2.16. The van der Waals surface area contributed by atoms with Crippen LogP contribution in [0.5, 0.6) is 0 Å². The van der Waals surface area contributed by atoms with Gasteiger partial charge in [0.2, 0.25) is 0 Å². The molecule has 23 heavy (non-hydrogen) atoms. The van der Waals surface area contributed by atoms with Gasteiger partial charge in [0, 0.05) is 37.9 Å². The van der Waals surface area contributed by atoms with Gasteiger partial charge < -0.3 is 15.1 Å². The zero-order valence-electron chi connectivity index (χ0n) is 14.2. The fraction of sp³-hybridized carbons (Fsp3) is 0.444. The van der Waals surface area contributed by atoms with Gasteiger partial charge in [0.05, 0.1) is 0 Å². The number of aryl methyl sites for hydroxylation is 2. The van der Waals surface area contributed by atoms with Crippen LogP contribution in [0.2, 0.25) is 0 Å². The molecule has 5 heteroatoms. The number of anilines is 3. The Morgan fingerprint density at radius 1 is 1.09 bits per heavy atom. The van der Waals surface area contributed by atoms with E-state index in [4.69, 9.17) is 0 Å². The van der Waals surface area contributed by atoms with E-state index in [-0.39, 0.29) is 0 Å². The number of piperazine rings is 1. The maximum atomic E-state index is 4.62. The number of benzene rings is 1. The van der Waals surface area contributed by atoms with Crippen molar-refractivity contribution in [3.8, 4) is 0 Å². The smallest absolute Gasteiger partial charge is 0.136 e. The molecule has 2 heterocycles. The first kappa shape index (κ1) is 15.7. The van der Waals surface area contributed by atoms with E-state index in [1.54, 1.807) is 0 Å². The van der Waals surface area contributed by atoms with Crippen molar-refractivity contribution < 1.29 is 0 Å². The summed E-state index contributed by atoms with van der Waals surface area (Å²) in [6.07, 6.45) is 0.999. The van der Waals surface area contributed by atoms with Crippen molar-refractivity contribution >= 4 is 17.3 Å². The van der Waals surface area contributed by atoms with E-state index in [0.29, 0.717) is 0 Å². The minimum atomic E-state index is 0.804. The van der Waals surface area contributed by atoms with E-state index in [0.717, 1.165) is 55.7 Å². The van der Waals surface area contributed by atoms with Crippen molar-refractivity contribution in [2.24, 2.45) is 0 Å². The third-order valence-corrected chi connectivity index (χ3v) is 4.31. The van der Waals surface area contributed by atoms with Crippen LogP contribution in [0.1, 0.15) is 18.3 Å². The Hall–Kier alpha value is -2.14. The molecular weight excluding hydrogens is 286 g/mol. The van der Waals surface area contributed by atoms with Crippen LogP contribution in [-0.2, 0) is 6.42 Å². The Bertz CT molecular complexity index is 662. The van der Waals surface area contributed by atoms with E-state index in [1.165, 1.54) is 5.56 Å². The lowest BCUT2D eigenvalue weighted by Crippen LogP contribution is -2.44. The van der Waals surface area contributed by atoms with Gasteiger partial charge in [-0.15, -0.1) is 0 Å². The first-order chi connectivity index (χ1) is 11.2. The fourth-order valence-corrected chi connectivity index (χ4v) is 2.90. The van der Waals surface area contributed by atoms with Crippen molar-refractivity contribution in [3.05, 3.63) is 41.7 Å². The van der Waals surface area contributed by atoms with E-state index < -0.39 is 0 Å². The Balaban J connectivity index is 1.83. The van der Waals surface area contributed by atoms with Crippen LogP contribution >= 0.6 is 0 Å². The molecule has 5 nitrogen and oxygen atoms in total. The second kappa shape index (κ2) is 6.96. The summed E-state index contributed by atoms with van der Waals surface area (Å²) in [6.45, 7) is 8.29. The Morgan fingerprint density at radius 2 is 1.83 bits per heavy atom. The largest absolute Gasteiger partial charge is 0.354 e. The molecule has 0 radical (unpaired) electrons. The summed E-state index contributed by atoms with van der Waals surface area (Å²) in [4.78, 5) is 13.9. The Labute approximate surface area is 138 Å². The fourth-order valence-electron chi connectivity index (χ4n) is 2.90. The molecule has 2 aromatic rings. The number of likely N-dealkylation sites (N-methyl/N-ethyl adjacent to an activating group) is 1. The third kappa shape index (κ3) is 3.79. The molecule has 1 aliphatic heterocycles. The SMILES string of the molecule is CCc1ccccc1Nc1cc(N2CCN(C)CC2)nc(C)n1. The van der Waals surface area contributed by atoms with Crippen LogP contribution in [0, 0.1) is 6.92 Å².